The molecule has 1 N–H and O–H groups in total. The Kier molecular flexibility index (Phi) is 2.97. The molecule has 1 aromatic heterocycles. The molecule has 0 saturated carbocycles. The van der Waals surface area contributed by atoms with Crippen molar-refractivity contribution in [2.45, 2.75) is 32.7 Å². The van der Waals surface area contributed by atoms with Crippen molar-refractivity contribution in [3.8, 4) is 0 Å². The Bertz CT molecular complexity index is 563. The molecule has 0 spiro atoms. The molecule has 92 valence electrons. The molecule has 0 aliphatic heterocycles. The predicted molar refractivity (Wildman–Crippen MR) is 72.6 cm³/mol. The third-order valence-corrected chi connectivity index (χ3v) is 3.42. The van der Waals surface area contributed by atoms with Gasteiger partial charge in [0, 0.05) is 17.8 Å². The summed E-state index contributed by atoms with van der Waals surface area (Å²) in [6, 6.07) is 8.55. The van der Waals surface area contributed by atoms with Gasteiger partial charge in [-0.2, -0.15) is 0 Å². The van der Waals surface area contributed by atoms with Gasteiger partial charge in [0.1, 0.15) is 12.1 Å². The summed E-state index contributed by atoms with van der Waals surface area (Å²) in [5.74, 6) is 1.01. The van der Waals surface area contributed by atoms with Gasteiger partial charge in [-0.15, -0.1) is 0 Å². The lowest BCUT2D eigenvalue weighted by Crippen LogP contribution is -2.05. The Morgan fingerprint density at radius 3 is 3.06 bits per heavy atom. The molecule has 1 aromatic carbocycles. The summed E-state index contributed by atoms with van der Waals surface area (Å²) in [5.41, 5.74) is 5.12. The number of fused-ring (bicyclic) bond motifs is 1. The lowest BCUT2D eigenvalue weighted by molar-refractivity contribution is 0.899. The third kappa shape index (κ3) is 2.21. The van der Waals surface area contributed by atoms with Crippen molar-refractivity contribution in [1.29, 1.82) is 0 Å². The SMILES string of the molecule is Cc1cccc(CNc2ncnc3c2CCC3)c1. The Morgan fingerprint density at radius 1 is 1.22 bits per heavy atom. The zero-order valence-corrected chi connectivity index (χ0v) is 10.6. The van der Waals surface area contributed by atoms with E-state index in [1.807, 2.05) is 0 Å². The second-order valence-corrected chi connectivity index (χ2v) is 4.84. The number of aryl methyl sites for hydroxylation is 2. The van der Waals surface area contributed by atoms with Crippen molar-refractivity contribution in [3.05, 3.63) is 53.0 Å². The maximum absolute atomic E-state index is 4.37. The van der Waals surface area contributed by atoms with Crippen LogP contribution in [0.3, 0.4) is 0 Å². The Labute approximate surface area is 107 Å². The second kappa shape index (κ2) is 4.77. The van der Waals surface area contributed by atoms with Gasteiger partial charge in [0.2, 0.25) is 0 Å². The molecule has 3 rings (SSSR count). The zero-order chi connectivity index (χ0) is 12.4. The summed E-state index contributed by atoms with van der Waals surface area (Å²) >= 11 is 0. The maximum atomic E-state index is 4.37. The van der Waals surface area contributed by atoms with E-state index in [1.54, 1.807) is 6.33 Å². The highest BCUT2D eigenvalue weighted by atomic mass is 15.0. The van der Waals surface area contributed by atoms with Gasteiger partial charge < -0.3 is 5.32 Å². The highest BCUT2D eigenvalue weighted by Gasteiger charge is 2.16. The van der Waals surface area contributed by atoms with E-state index in [-0.39, 0.29) is 0 Å². The molecule has 0 fully saturated rings. The standard InChI is InChI=1S/C15H17N3/c1-11-4-2-5-12(8-11)9-16-15-13-6-3-7-14(13)17-10-18-15/h2,4-5,8,10H,3,6-7,9H2,1H3,(H,16,17,18). The van der Waals surface area contributed by atoms with Gasteiger partial charge in [-0.1, -0.05) is 29.8 Å². The normalized spacial score (nSPS) is 13.4. The van der Waals surface area contributed by atoms with Crippen LogP contribution in [-0.2, 0) is 19.4 Å². The van der Waals surface area contributed by atoms with Gasteiger partial charge in [0.25, 0.3) is 0 Å². The molecule has 0 atom stereocenters. The minimum Gasteiger partial charge on any atom is -0.366 e. The first kappa shape index (κ1) is 11.2. The number of anilines is 1. The van der Waals surface area contributed by atoms with E-state index >= 15 is 0 Å². The number of nitrogens with zero attached hydrogens (tertiary/aromatic N) is 2. The summed E-state index contributed by atoms with van der Waals surface area (Å²) in [6.45, 7) is 2.94. The number of aromatic nitrogens is 2. The summed E-state index contributed by atoms with van der Waals surface area (Å²) in [6.07, 6.45) is 5.07. The van der Waals surface area contributed by atoms with Crippen molar-refractivity contribution < 1.29 is 0 Å². The number of hydrogen-bond acceptors (Lipinski definition) is 3. The fourth-order valence-electron chi connectivity index (χ4n) is 2.52. The zero-order valence-electron chi connectivity index (χ0n) is 10.6. The Morgan fingerprint density at radius 2 is 2.17 bits per heavy atom. The van der Waals surface area contributed by atoms with Crippen molar-refractivity contribution in [2.75, 3.05) is 5.32 Å². The van der Waals surface area contributed by atoms with Crippen molar-refractivity contribution in [1.82, 2.24) is 9.97 Å². The molecule has 0 saturated heterocycles. The van der Waals surface area contributed by atoms with Gasteiger partial charge >= 0.3 is 0 Å². The molecule has 3 nitrogen and oxygen atoms in total. The van der Waals surface area contributed by atoms with E-state index in [2.05, 4.69) is 46.5 Å². The van der Waals surface area contributed by atoms with Crippen molar-refractivity contribution >= 4 is 5.82 Å². The van der Waals surface area contributed by atoms with E-state index in [4.69, 9.17) is 0 Å². The first-order valence-electron chi connectivity index (χ1n) is 6.45. The van der Waals surface area contributed by atoms with Crippen LogP contribution in [-0.4, -0.2) is 9.97 Å². The van der Waals surface area contributed by atoms with Crippen LogP contribution in [0, 0.1) is 6.92 Å². The highest BCUT2D eigenvalue weighted by molar-refractivity contribution is 5.48. The topological polar surface area (TPSA) is 37.8 Å². The Balaban J connectivity index is 1.76. The second-order valence-electron chi connectivity index (χ2n) is 4.84. The summed E-state index contributed by atoms with van der Waals surface area (Å²) < 4.78 is 0. The maximum Gasteiger partial charge on any atom is 0.133 e. The monoisotopic (exact) mass is 239 g/mol. The fraction of sp³-hybridized carbons (Fsp3) is 0.333. The van der Waals surface area contributed by atoms with E-state index in [0.29, 0.717) is 0 Å². The van der Waals surface area contributed by atoms with Crippen molar-refractivity contribution in [2.24, 2.45) is 0 Å². The third-order valence-electron chi connectivity index (χ3n) is 3.42. The first-order valence-corrected chi connectivity index (χ1v) is 6.45. The summed E-state index contributed by atoms with van der Waals surface area (Å²) in [5, 5.41) is 3.44. The molecule has 1 aliphatic rings. The molecule has 0 unspecified atom stereocenters. The van der Waals surface area contributed by atoms with Crippen molar-refractivity contribution in [3.63, 3.8) is 0 Å². The molecular weight excluding hydrogens is 222 g/mol. The van der Waals surface area contributed by atoms with Gasteiger partial charge in [0.05, 0.1) is 0 Å². The average molecular weight is 239 g/mol. The lowest BCUT2D eigenvalue weighted by atomic mass is 10.1. The highest BCUT2D eigenvalue weighted by Crippen LogP contribution is 2.25. The van der Waals surface area contributed by atoms with E-state index in [9.17, 15) is 0 Å². The molecule has 1 heterocycles. The summed E-state index contributed by atoms with van der Waals surface area (Å²) in [7, 11) is 0. The molecule has 0 amide bonds. The van der Waals surface area contributed by atoms with Gasteiger partial charge in [-0.25, -0.2) is 9.97 Å². The van der Waals surface area contributed by atoms with Gasteiger partial charge in [-0.3, -0.25) is 0 Å². The predicted octanol–water partition coefficient (Wildman–Crippen LogP) is 2.89. The average Bonchev–Trinajstić information content (AvgIpc) is 2.85. The molecule has 2 aromatic rings. The van der Waals surface area contributed by atoms with E-state index < -0.39 is 0 Å². The van der Waals surface area contributed by atoms with E-state index in [1.165, 1.54) is 28.8 Å². The van der Waals surface area contributed by atoms with Crippen LogP contribution >= 0.6 is 0 Å². The summed E-state index contributed by atoms with van der Waals surface area (Å²) in [4.78, 5) is 8.70. The lowest BCUT2D eigenvalue weighted by Gasteiger charge is -2.09. The van der Waals surface area contributed by atoms with E-state index in [0.717, 1.165) is 25.2 Å². The Hall–Kier alpha value is -1.90. The largest absolute Gasteiger partial charge is 0.366 e. The van der Waals surface area contributed by atoms with Crippen LogP contribution in [0.15, 0.2) is 30.6 Å². The van der Waals surface area contributed by atoms with Gasteiger partial charge in [-0.05, 0) is 31.7 Å². The quantitative estimate of drug-likeness (QED) is 0.895. The number of benzene rings is 1. The molecule has 1 aliphatic carbocycles. The smallest absolute Gasteiger partial charge is 0.133 e. The number of rotatable bonds is 3. The van der Waals surface area contributed by atoms with Crippen LogP contribution in [0.1, 0.15) is 28.8 Å². The molecule has 0 bridgehead atoms. The van der Waals surface area contributed by atoms with Crippen LogP contribution < -0.4 is 5.32 Å². The molecular formula is C15H17N3. The van der Waals surface area contributed by atoms with Crippen LogP contribution in [0.25, 0.3) is 0 Å². The van der Waals surface area contributed by atoms with Crippen LogP contribution in [0.2, 0.25) is 0 Å². The number of nitrogens with one attached hydrogen (secondary N) is 1. The minimum absolute atomic E-state index is 0.825. The van der Waals surface area contributed by atoms with Crippen LogP contribution in [0.4, 0.5) is 5.82 Å². The van der Waals surface area contributed by atoms with Crippen LogP contribution in [0.5, 0.6) is 0 Å². The molecule has 18 heavy (non-hydrogen) atoms. The molecule has 0 radical (unpaired) electrons. The van der Waals surface area contributed by atoms with Gasteiger partial charge in [0.15, 0.2) is 0 Å². The minimum atomic E-state index is 0.825. The number of hydrogen-bond donors (Lipinski definition) is 1. The fourth-order valence-corrected chi connectivity index (χ4v) is 2.52. The first-order chi connectivity index (χ1) is 8.83. The molecule has 3 heteroatoms.